The van der Waals surface area contributed by atoms with Gasteiger partial charge in [-0.15, -0.1) is 0 Å². The van der Waals surface area contributed by atoms with Crippen molar-refractivity contribution in [1.82, 2.24) is 9.78 Å². The van der Waals surface area contributed by atoms with Gasteiger partial charge in [0.05, 0.1) is 11.9 Å². The highest BCUT2D eigenvalue weighted by Crippen LogP contribution is 2.17. The van der Waals surface area contributed by atoms with Gasteiger partial charge in [-0.2, -0.15) is 5.10 Å². The predicted octanol–water partition coefficient (Wildman–Crippen LogP) is 2.01. The van der Waals surface area contributed by atoms with Crippen molar-refractivity contribution in [3.63, 3.8) is 0 Å². The molecule has 0 spiro atoms. The van der Waals surface area contributed by atoms with Crippen LogP contribution in [-0.2, 0) is 13.6 Å². The zero-order valence-electron chi connectivity index (χ0n) is 10.0. The standard InChI is InChI=1S/C12H11F2N3O2/c1-17-11(12(18)19)9(6-16-17)15-5-7-3-2-4-8(13)10(7)14/h2-4,6,15H,5H2,1H3,(H,18,19). The number of carboxylic acid groups (broad SMARTS) is 1. The number of halogens is 2. The second-order valence-electron chi connectivity index (χ2n) is 3.90. The van der Waals surface area contributed by atoms with E-state index in [9.17, 15) is 13.6 Å². The minimum atomic E-state index is -1.15. The van der Waals surface area contributed by atoms with Gasteiger partial charge in [-0.3, -0.25) is 4.68 Å². The number of hydrogen-bond donors (Lipinski definition) is 2. The number of nitrogens with one attached hydrogen (secondary N) is 1. The zero-order valence-corrected chi connectivity index (χ0v) is 10.0. The van der Waals surface area contributed by atoms with Gasteiger partial charge in [0, 0.05) is 19.2 Å². The van der Waals surface area contributed by atoms with Crippen LogP contribution in [0.3, 0.4) is 0 Å². The summed E-state index contributed by atoms with van der Waals surface area (Å²) in [5.41, 5.74) is 0.315. The highest BCUT2D eigenvalue weighted by molar-refractivity contribution is 5.92. The number of rotatable bonds is 4. The third-order valence-corrected chi connectivity index (χ3v) is 2.64. The number of nitrogens with zero attached hydrogens (tertiary/aromatic N) is 2. The van der Waals surface area contributed by atoms with Crippen molar-refractivity contribution in [2.75, 3.05) is 5.32 Å². The smallest absolute Gasteiger partial charge is 0.356 e. The molecule has 2 rings (SSSR count). The summed E-state index contributed by atoms with van der Waals surface area (Å²) >= 11 is 0. The molecule has 0 saturated carbocycles. The van der Waals surface area contributed by atoms with Crippen LogP contribution in [0.15, 0.2) is 24.4 Å². The molecule has 0 atom stereocenters. The molecular weight excluding hydrogens is 256 g/mol. The Bertz CT molecular complexity index is 625. The summed E-state index contributed by atoms with van der Waals surface area (Å²) in [5, 5.41) is 15.5. The van der Waals surface area contributed by atoms with Gasteiger partial charge < -0.3 is 10.4 Å². The fourth-order valence-corrected chi connectivity index (χ4v) is 1.70. The van der Waals surface area contributed by atoms with Crippen LogP contribution < -0.4 is 5.32 Å². The Hall–Kier alpha value is -2.44. The summed E-state index contributed by atoms with van der Waals surface area (Å²) in [6, 6.07) is 3.82. The number of aromatic carboxylic acids is 1. The van der Waals surface area contributed by atoms with E-state index in [0.717, 1.165) is 6.07 Å². The summed E-state index contributed by atoms with van der Waals surface area (Å²) in [6.45, 7) is -0.0322. The van der Waals surface area contributed by atoms with Gasteiger partial charge in [-0.1, -0.05) is 12.1 Å². The van der Waals surface area contributed by atoms with Crippen LogP contribution in [-0.4, -0.2) is 20.9 Å². The van der Waals surface area contributed by atoms with E-state index in [1.54, 1.807) is 0 Å². The van der Waals surface area contributed by atoms with Gasteiger partial charge in [-0.05, 0) is 6.07 Å². The number of aryl methyl sites for hydroxylation is 1. The lowest BCUT2D eigenvalue weighted by Crippen LogP contribution is -2.10. The van der Waals surface area contributed by atoms with Crippen molar-refractivity contribution in [2.24, 2.45) is 7.05 Å². The molecule has 0 amide bonds. The number of anilines is 1. The molecule has 1 aromatic heterocycles. The van der Waals surface area contributed by atoms with Crippen LogP contribution in [0.4, 0.5) is 14.5 Å². The molecular formula is C12H11F2N3O2. The maximum absolute atomic E-state index is 13.4. The Labute approximate surface area is 107 Å². The zero-order chi connectivity index (χ0) is 14.0. The Morgan fingerprint density at radius 2 is 2.21 bits per heavy atom. The van der Waals surface area contributed by atoms with E-state index in [2.05, 4.69) is 10.4 Å². The first kappa shape index (κ1) is 13.0. The Morgan fingerprint density at radius 1 is 1.47 bits per heavy atom. The van der Waals surface area contributed by atoms with Crippen LogP contribution in [0.1, 0.15) is 16.1 Å². The monoisotopic (exact) mass is 267 g/mol. The summed E-state index contributed by atoms with van der Waals surface area (Å²) in [6.07, 6.45) is 1.32. The summed E-state index contributed by atoms with van der Waals surface area (Å²) in [7, 11) is 1.48. The third-order valence-electron chi connectivity index (χ3n) is 2.64. The van der Waals surface area contributed by atoms with Crippen molar-refractivity contribution >= 4 is 11.7 Å². The molecule has 0 unspecified atom stereocenters. The fraction of sp³-hybridized carbons (Fsp3) is 0.167. The first-order valence-electron chi connectivity index (χ1n) is 5.42. The molecule has 0 radical (unpaired) electrons. The van der Waals surface area contributed by atoms with Crippen LogP contribution in [0.5, 0.6) is 0 Å². The van der Waals surface area contributed by atoms with E-state index in [1.807, 2.05) is 0 Å². The van der Waals surface area contributed by atoms with Gasteiger partial charge >= 0.3 is 5.97 Å². The van der Waals surface area contributed by atoms with Gasteiger partial charge in [0.1, 0.15) is 0 Å². The normalized spacial score (nSPS) is 10.5. The van der Waals surface area contributed by atoms with Crippen molar-refractivity contribution in [2.45, 2.75) is 6.54 Å². The molecule has 7 heteroatoms. The van der Waals surface area contributed by atoms with Gasteiger partial charge in [0.2, 0.25) is 0 Å². The topological polar surface area (TPSA) is 67.2 Å². The van der Waals surface area contributed by atoms with Crippen molar-refractivity contribution in [3.05, 3.63) is 47.3 Å². The molecule has 0 aliphatic rings. The number of carbonyl (C=O) groups is 1. The van der Waals surface area contributed by atoms with Crippen LogP contribution in [0.2, 0.25) is 0 Å². The quantitative estimate of drug-likeness (QED) is 0.889. The van der Waals surface area contributed by atoms with Crippen LogP contribution in [0.25, 0.3) is 0 Å². The average molecular weight is 267 g/mol. The Morgan fingerprint density at radius 3 is 2.89 bits per heavy atom. The highest BCUT2D eigenvalue weighted by atomic mass is 19.2. The summed E-state index contributed by atoms with van der Waals surface area (Å²) in [4.78, 5) is 11.0. The largest absolute Gasteiger partial charge is 0.476 e. The highest BCUT2D eigenvalue weighted by Gasteiger charge is 2.16. The molecule has 1 heterocycles. The Balaban J connectivity index is 2.19. The minimum absolute atomic E-state index is 0.0322. The fourth-order valence-electron chi connectivity index (χ4n) is 1.70. The van der Waals surface area contributed by atoms with Crippen molar-refractivity contribution in [3.8, 4) is 0 Å². The van der Waals surface area contributed by atoms with E-state index >= 15 is 0 Å². The maximum Gasteiger partial charge on any atom is 0.356 e. The Kier molecular flexibility index (Phi) is 3.46. The lowest BCUT2D eigenvalue weighted by Gasteiger charge is -2.07. The van der Waals surface area contributed by atoms with E-state index in [0.29, 0.717) is 0 Å². The van der Waals surface area contributed by atoms with Crippen LogP contribution >= 0.6 is 0 Å². The average Bonchev–Trinajstić information content (AvgIpc) is 2.72. The number of benzene rings is 1. The lowest BCUT2D eigenvalue weighted by molar-refractivity contribution is 0.0686. The molecule has 2 N–H and O–H groups in total. The number of carboxylic acids is 1. The SMILES string of the molecule is Cn1ncc(NCc2cccc(F)c2F)c1C(=O)O. The molecule has 19 heavy (non-hydrogen) atoms. The van der Waals surface area contributed by atoms with E-state index in [4.69, 9.17) is 5.11 Å². The second-order valence-corrected chi connectivity index (χ2v) is 3.90. The first-order chi connectivity index (χ1) is 9.00. The van der Waals surface area contributed by atoms with E-state index < -0.39 is 17.6 Å². The predicted molar refractivity (Wildman–Crippen MR) is 63.9 cm³/mol. The first-order valence-corrected chi connectivity index (χ1v) is 5.42. The van der Waals surface area contributed by atoms with Gasteiger partial charge in [0.25, 0.3) is 0 Å². The number of hydrogen-bond acceptors (Lipinski definition) is 3. The molecule has 1 aromatic carbocycles. The molecule has 5 nitrogen and oxygen atoms in total. The van der Waals surface area contributed by atoms with E-state index in [1.165, 1.54) is 30.1 Å². The second kappa shape index (κ2) is 5.05. The lowest BCUT2D eigenvalue weighted by atomic mass is 10.2. The molecule has 0 bridgehead atoms. The molecule has 0 saturated heterocycles. The molecule has 0 aliphatic carbocycles. The third kappa shape index (κ3) is 2.54. The van der Waals surface area contributed by atoms with Crippen LogP contribution in [0, 0.1) is 11.6 Å². The molecule has 2 aromatic rings. The van der Waals surface area contributed by atoms with Crippen molar-refractivity contribution in [1.29, 1.82) is 0 Å². The molecule has 0 fully saturated rings. The minimum Gasteiger partial charge on any atom is -0.476 e. The maximum atomic E-state index is 13.4. The summed E-state index contributed by atoms with van der Waals surface area (Å²) < 4.78 is 27.6. The van der Waals surface area contributed by atoms with Gasteiger partial charge in [-0.25, -0.2) is 13.6 Å². The summed E-state index contributed by atoms with van der Waals surface area (Å²) in [5.74, 6) is -3.04. The molecule has 0 aliphatic heterocycles. The molecule has 100 valence electrons. The number of aromatic nitrogens is 2. The van der Waals surface area contributed by atoms with Crippen molar-refractivity contribution < 1.29 is 18.7 Å². The van der Waals surface area contributed by atoms with E-state index in [-0.39, 0.29) is 23.5 Å². The van der Waals surface area contributed by atoms with Gasteiger partial charge in [0.15, 0.2) is 17.3 Å².